The predicted octanol–water partition coefficient (Wildman–Crippen LogP) is 2.96. The molecule has 3 aromatic heterocycles. The molecule has 176 valence electrons. The number of nitrogens with zero attached hydrogens (tertiary/aromatic N) is 6. The maximum absolute atomic E-state index is 11.0. The Labute approximate surface area is 210 Å². The first-order chi connectivity index (χ1) is 16.5. The van der Waals surface area contributed by atoms with Crippen molar-refractivity contribution in [3.63, 3.8) is 0 Å². The first kappa shape index (κ1) is 23.6. The minimum Gasteiger partial charge on any atom is -0.394 e. The molecule has 0 saturated carbocycles. The summed E-state index contributed by atoms with van der Waals surface area (Å²) in [5, 5.41) is 41.6. The van der Waals surface area contributed by atoms with Crippen molar-refractivity contribution < 1.29 is 19.7 Å². The highest BCUT2D eigenvalue weighted by Gasteiger charge is 2.47. The summed E-state index contributed by atoms with van der Waals surface area (Å²) in [6.07, 6.45) is -1.05. The van der Waals surface area contributed by atoms with E-state index >= 15 is 0 Å². The highest BCUT2D eigenvalue weighted by molar-refractivity contribution is 8.00. The number of methoxy groups -OCH3 is 1. The van der Waals surface area contributed by atoms with Crippen LogP contribution in [-0.4, -0.2) is 72.6 Å². The van der Waals surface area contributed by atoms with E-state index in [2.05, 4.69) is 26.3 Å². The van der Waals surface area contributed by atoms with Gasteiger partial charge < -0.3 is 19.7 Å². The summed E-state index contributed by atoms with van der Waals surface area (Å²) in [5.41, 5.74) is 2.76. The molecule has 5 atom stereocenters. The number of ether oxygens (including phenoxy) is 2. The molecule has 1 aromatic carbocycles. The standard InChI is InChI=1S/C20H17ClN6O4S3/c1-30-18-16(27-5-11(25-26-27)19-24-15(21)7-32-19)17(29)12(6-28)31-20(18)34-13-3-14-10(23-8-33-14)2-9(13)4-22/h2-3,5,7-8,12,16-18,20,28-29H,6H2,1H3. The molecule has 1 fully saturated rings. The summed E-state index contributed by atoms with van der Waals surface area (Å²) < 4.78 is 14.2. The van der Waals surface area contributed by atoms with Gasteiger partial charge in [0.1, 0.15) is 51.7 Å². The van der Waals surface area contributed by atoms with E-state index in [1.165, 1.54) is 46.2 Å². The lowest BCUT2D eigenvalue weighted by molar-refractivity contribution is -0.186. The Balaban J connectivity index is 1.49. The number of rotatable bonds is 6. The first-order valence-electron chi connectivity index (χ1n) is 9.96. The normalized spacial score (nSPS) is 25.0. The lowest BCUT2D eigenvalue weighted by atomic mass is 9.97. The van der Waals surface area contributed by atoms with Crippen LogP contribution in [0.15, 0.2) is 34.1 Å². The summed E-state index contributed by atoms with van der Waals surface area (Å²) in [4.78, 5) is 9.17. The Hall–Kier alpha value is -2.15. The van der Waals surface area contributed by atoms with Crippen molar-refractivity contribution in [2.75, 3.05) is 13.7 Å². The number of nitriles is 1. The molecule has 1 saturated heterocycles. The molecule has 1 aliphatic heterocycles. The van der Waals surface area contributed by atoms with Crippen LogP contribution in [0.3, 0.4) is 0 Å². The molecule has 4 heterocycles. The van der Waals surface area contributed by atoms with Gasteiger partial charge in [-0.3, -0.25) is 0 Å². The van der Waals surface area contributed by atoms with E-state index in [9.17, 15) is 15.5 Å². The van der Waals surface area contributed by atoms with Crippen LogP contribution < -0.4 is 0 Å². The number of fused-ring (bicyclic) bond motifs is 1. The molecule has 5 rings (SSSR count). The summed E-state index contributed by atoms with van der Waals surface area (Å²) >= 11 is 10.0. The van der Waals surface area contributed by atoms with Crippen molar-refractivity contribution in [3.05, 3.63) is 39.9 Å². The topological polar surface area (TPSA) is 139 Å². The fourth-order valence-electron chi connectivity index (χ4n) is 3.80. The zero-order valence-corrected chi connectivity index (χ0v) is 20.7. The second kappa shape index (κ2) is 9.84. The van der Waals surface area contributed by atoms with Gasteiger partial charge in [0.05, 0.1) is 34.1 Å². The van der Waals surface area contributed by atoms with Gasteiger partial charge in [0, 0.05) is 17.4 Å². The molecule has 1 aliphatic rings. The van der Waals surface area contributed by atoms with E-state index in [4.69, 9.17) is 21.1 Å². The fraction of sp³-hybridized carbons (Fsp3) is 0.350. The number of aliphatic hydroxyl groups excluding tert-OH is 2. The van der Waals surface area contributed by atoms with E-state index in [0.29, 0.717) is 26.3 Å². The molecule has 5 unspecified atom stereocenters. The molecule has 14 heteroatoms. The number of benzene rings is 1. The van der Waals surface area contributed by atoms with Crippen molar-refractivity contribution in [1.29, 1.82) is 5.26 Å². The molecule has 0 amide bonds. The number of hydrogen-bond donors (Lipinski definition) is 2. The molecule has 34 heavy (non-hydrogen) atoms. The first-order valence-corrected chi connectivity index (χ1v) is 13.0. The van der Waals surface area contributed by atoms with Gasteiger partial charge in [-0.15, -0.1) is 27.8 Å². The lowest BCUT2D eigenvalue weighted by Crippen LogP contribution is -2.55. The SMILES string of the molecule is COC1C(Sc2cc3scnc3cc2C#N)OC(CO)C(O)C1n1cc(-c2nc(Cl)cs2)nn1. The molecular weight excluding hydrogens is 520 g/mol. The third kappa shape index (κ3) is 4.32. The van der Waals surface area contributed by atoms with Crippen LogP contribution in [0.1, 0.15) is 11.6 Å². The van der Waals surface area contributed by atoms with E-state index in [1.807, 2.05) is 6.07 Å². The zero-order chi connectivity index (χ0) is 23.8. The monoisotopic (exact) mass is 536 g/mol. The van der Waals surface area contributed by atoms with Crippen LogP contribution in [0.4, 0.5) is 0 Å². The molecule has 10 nitrogen and oxygen atoms in total. The average molecular weight is 537 g/mol. The maximum Gasteiger partial charge on any atom is 0.147 e. The second-order valence-electron chi connectivity index (χ2n) is 7.36. The number of hydrogen-bond acceptors (Lipinski definition) is 12. The molecule has 0 aliphatic carbocycles. The number of aliphatic hydroxyl groups is 2. The van der Waals surface area contributed by atoms with Gasteiger partial charge in [-0.2, -0.15) is 5.26 Å². The van der Waals surface area contributed by atoms with E-state index in [-0.39, 0.29) is 0 Å². The molecular formula is C20H17ClN6O4S3. The van der Waals surface area contributed by atoms with Crippen molar-refractivity contribution in [2.45, 2.75) is 34.7 Å². The van der Waals surface area contributed by atoms with Crippen LogP contribution in [0.2, 0.25) is 5.15 Å². The Morgan fingerprint density at radius 3 is 2.94 bits per heavy atom. The number of halogens is 1. The molecule has 4 aromatic rings. The lowest BCUT2D eigenvalue weighted by Gasteiger charge is -2.43. The van der Waals surface area contributed by atoms with Gasteiger partial charge in [-0.05, 0) is 12.1 Å². The van der Waals surface area contributed by atoms with Gasteiger partial charge in [-0.25, -0.2) is 14.6 Å². The van der Waals surface area contributed by atoms with E-state index in [1.54, 1.807) is 23.2 Å². The molecule has 0 radical (unpaired) electrons. The Morgan fingerprint density at radius 2 is 2.24 bits per heavy atom. The summed E-state index contributed by atoms with van der Waals surface area (Å²) in [7, 11) is 1.51. The third-order valence-electron chi connectivity index (χ3n) is 5.40. The number of aromatic nitrogens is 5. The number of thiazole rings is 2. The predicted molar refractivity (Wildman–Crippen MR) is 128 cm³/mol. The molecule has 2 N–H and O–H groups in total. The van der Waals surface area contributed by atoms with E-state index < -0.39 is 36.4 Å². The minimum atomic E-state index is -1.12. The van der Waals surface area contributed by atoms with Crippen LogP contribution in [0.5, 0.6) is 0 Å². The smallest absolute Gasteiger partial charge is 0.147 e. The summed E-state index contributed by atoms with van der Waals surface area (Å²) in [6, 6.07) is 5.11. The average Bonchev–Trinajstić information content (AvgIpc) is 3.59. The van der Waals surface area contributed by atoms with Crippen molar-refractivity contribution in [3.8, 4) is 16.8 Å². The molecule has 0 bridgehead atoms. The fourth-order valence-corrected chi connectivity index (χ4v) is 6.74. The van der Waals surface area contributed by atoms with Gasteiger partial charge >= 0.3 is 0 Å². The number of thioether (sulfide) groups is 1. The van der Waals surface area contributed by atoms with Crippen LogP contribution >= 0.6 is 46.0 Å². The maximum atomic E-state index is 11.0. The van der Waals surface area contributed by atoms with Crippen molar-refractivity contribution in [1.82, 2.24) is 25.0 Å². The van der Waals surface area contributed by atoms with Gasteiger partial charge in [0.15, 0.2) is 0 Å². The largest absolute Gasteiger partial charge is 0.394 e. The van der Waals surface area contributed by atoms with Crippen LogP contribution in [0, 0.1) is 11.3 Å². The van der Waals surface area contributed by atoms with Gasteiger partial charge in [-0.1, -0.05) is 28.6 Å². The highest BCUT2D eigenvalue weighted by atomic mass is 35.5. The van der Waals surface area contributed by atoms with Crippen molar-refractivity contribution >= 4 is 56.3 Å². The Morgan fingerprint density at radius 1 is 1.38 bits per heavy atom. The second-order valence-corrected chi connectivity index (χ2v) is 10.6. The third-order valence-corrected chi connectivity index (χ3v) is 8.59. The van der Waals surface area contributed by atoms with Gasteiger partial charge in [0.25, 0.3) is 0 Å². The summed E-state index contributed by atoms with van der Waals surface area (Å²) in [6.45, 7) is -0.409. The molecule has 0 spiro atoms. The van der Waals surface area contributed by atoms with Crippen LogP contribution in [-0.2, 0) is 9.47 Å². The van der Waals surface area contributed by atoms with E-state index in [0.717, 1.165) is 10.2 Å². The quantitative estimate of drug-likeness (QED) is 0.378. The summed E-state index contributed by atoms with van der Waals surface area (Å²) in [5.74, 6) is 0. The minimum absolute atomic E-state index is 0.360. The van der Waals surface area contributed by atoms with Crippen LogP contribution in [0.25, 0.3) is 20.9 Å². The zero-order valence-electron chi connectivity index (χ0n) is 17.5. The Kier molecular flexibility index (Phi) is 6.83. The highest BCUT2D eigenvalue weighted by Crippen LogP contribution is 2.41. The van der Waals surface area contributed by atoms with Gasteiger partial charge in [0.2, 0.25) is 0 Å². The Bertz CT molecular complexity index is 1350. The van der Waals surface area contributed by atoms with Crippen molar-refractivity contribution in [2.24, 2.45) is 0 Å².